The fraction of sp³-hybridized carbons (Fsp3) is 0.400. The quantitative estimate of drug-likeness (QED) is 0.262. The molecule has 3 heterocycles. The van der Waals surface area contributed by atoms with E-state index in [1.807, 2.05) is 24.3 Å². The molecule has 40 heavy (non-hydrogen) atoms. The van der Waals surface area contributed by atoms with Crippen molar-refractivity contribution in [2.75, 3.05) is 60.2 Å². The van der Waals surface area contributed by atoms with E-state index in [0.29, 0.717) is 25.5 Å². The van der Waals surface area contributed by atoms with Crippen molar-refractivity contribution in [3.8, 4) is 11.5 Å². The van der Waals surface area contributed by atoms with Crippen LogP contribution in [0.3, 0.4) is 0 Å². The molecule has 0 saturated carbocycles. The second kappa shape index (κ2) is 13.5. The molecule has 0 bridgehead atoms. The average Bonchev–Trinajstić information content (AvgIpc) is 3.64. The van der Waals surface area contributed by atoms with Gasteiger partial charge in [-0.05, 0) is 24.1 Å². The van der Waals surface area contributed by atoms with Crippen LogP contribution in [0.15, 0.2) is 59.3 Å². The summed E-state index contributed by atoms with van der Waals surface area (Å²) in [6.07, 6.45) is 4.34. The summed E-state index contributed by atoms with van der Waals surface area (Å²) in [6.45, 7) is 6.38. The Morgan fingerprint density at radius 2 is 1.95 bits per heavy atom. The molecule has 1 saturated heterocycles. The number of ether oxygens (including phenoxy) is 3. The van der Waals surface area contributed by atoms with Gasteiger partial charge in [-0.2, -0.15) is 0 Å². The monoisotopic (exact) mass is 547 g/mol. The molecule has 10 heteroatoms. The van der Waals surface area contributed by atoms with Crippen LogP contribution >= 0.6 is 0 Å². The number of methoxy groups -OCH3 is 2. The van der Waals surface area contributed by atoms with Crippen molar-refractivity contribution in [3.63, 3.8) is 0 Å². The maximum atomic E-state index is 12.7. The Balaban J connectivity index is 1.26. The zero-order chi connectivity index (χ0) is 27.7. The first-order chi connectivity index (χ1) is 19.6. The number of hydrogen-bond donors (Lipinski definition) is 2. The third-order valence-electron chi connectivity index (χ3n) is 7.22. The number of carbonyl (C=O) groups is 1. The Morgan fingerprint density at radius 3 is 2.77 bits per heavy atom. The van der Waals surface area contributed by atoms with Crippen molar-refractivity contribution in [1.82, 2.24) is 25.1 Å². The zero-order valence-corrected chi connectivity index (χ0v) is 23.2. The Bertz CT molecular complexity index is 1390. The van der Waals surface area contributed by atoms with E-state index in [1.165, 1.54) is 17.2 Å². The summed E-state index contributed by atoms with van der Waals surface area (Å²) in [6, 6.07) is 14.1. The Hall–Kier alpha value is -3.86. The molecule has 212 valence electrons. The number of para-hydroxylation sites is 1. The molecule has 0 atom stereocenters. The lowest BCUT2D eigenvalue weighted by Crippen LogP contribution is -2.41. The first-order valence-corrected chi connectivity index (χ1v) is 13.6. The van der Waals surface area contributed by atoms with Crippen LogP contribution in [0.4, 0.5) is 0 Å². The number of fused-ring (bicyclic) bond motifs is 1. The van der Waals surface area contributed by atoms with Gasteiger partial charge in [0, 0.05) is 68.0 Å². The minimum atomic E-state index is -0.231. The molecule has 4 aromatic rings. The average molecular weight is 548 g/mol. The predicted octanol–water partition coefficient (Wildman–Crippen LogP) is 3.48. The standard InChI is InChI=1S/C30H37N5O5/c1-37-24-8-7-23(28(17-24)38-2)19-35(11-9-22-18-32-26-6-4-3-5-25(22)26)20-29-33-27(21-40-29)30(36)31-10-12-34-13-15-39-16-14-34/h3-8,17-18,21,32H,9-16,19-20H2,1-2H3,(H,31,36). The third-order valence-corrected chi connectivity index (χ3v) is 7.22. The number of H-pyrrole nitrogens is 1. The first kappa shape index (κ1) is 27.7. The predicted molar refractivity (Wildman–Crippen MR) is 152 cm³/mol. The Morgan fingerprint density at radius 1 is 1.10 bits per heavy atom. The van der Waals surface area contributed by atoms with E-state index in [2.05, 4.69) is 49.5 Å². The van der Waals surface area contributed by atoms with Crippen molar-refractivity contribution in [3.05, 3.63) is 77.6 Å². The Kier molecular flexibility index (Phi) is 9.33. The molecule has 0 spiro atoms. The molecular weight excluding hydrogens is 510 g/mol. The number of oxazole rings is 1. The van der Waals surface area contributed by atoms with E-state index < -0.39 is 0 Å². The lowest BCUT2D eigenvalue weighted by atomic mass is 10.1. The van der Waals surface area contributed by atoms with Crippen molar-refractivity contribution in [2.45, 2.75) is 19.5 Å². The molecule has 1 aliphatic rings. The number of amides is 1. The van der Waals surface area contributed by atoms with Gasteiger partial charge in [-0.1, -0.05) is 24.3 Å². The molecule has 2 aromatic carbocycles. The van der Waals surface area contributed by atoms with Gasteiger partial charge in [-0.3, -0.25) is 14.6 Å². The number of nitrogens with zero attached hydrogens (tertiary/aromatic N) is 3. The fourth-order valence-corrected chi connectivity index (χ4v) is 4.98. The normalized spacial score (nSPS) is 14.1. The molecule has 1 aliphatic heterocycles. The van der Waals surface area contributed by atoms with Crippen LogP contribution in [-0.2, 0) is 24.2 Å². The molecule has 0 unspecified atom stereocenters. The lowest BCUT2D eigenvalue weighted by Gasteiger charge is -2.26. The maximum Gasteiger partial charge on any atom is 0.273 e. The van der Waals surface area contributed by atoms with Crippen LogP contribution in [0.1, 0.15) is 27.5 Å². The van der Waals surface area contributed by atoms with E-state index in [9.17, 15) is 4.79 Å². The molecule has 2 N–H and O–H groups in total. The highest BCUT2D eigenvalue weighted by Gasteiger charge is 2.18. The van der Waals surface area contributed by atoms with Crippen molar-refractivity contribution in [2.24, 2.45) is 0 Å². The van der Waals surface area contributed by atoms with E-state index in [0.717, 1.165) is 68.4 Å². The molecule has 0 aliphatic carbocycles. The first-order valence-electron chi connectivity index (χ1n) is 13.6. The fourth-order valence-electron chi connectivity index (χ4n) is 4.98. The lowest BCUT2D eigenvalue weighted by molar-refractivity contribution is 0.0383. The number of nitrogens with one attached hydrogen (secondary N) is 2. The van der Waals surface area contributed by atoms with Gasteiger partial charge in [0.15, 0.2) is 5.69 Å². The summed E-state index contributed by atoms with van der Waals surface area (Å²) in [4.78, 5) is 25.1. The van der Waals surface area contributed by atoms with Gasteiger partial charge in [0.1, 0.15) is 17.8 Å². The van der Waals surface area contributed by atoms with E-state index >= 15 is 0 Å². The van der Waals surface area contributed by atoms with Crippen LogP contribution < -0.4 is 14.8 Å². The van der Waals surface area contributed by atoms with Crippen molar-refractivity contribution >= 4 is 16.8 Å². The summed E-state index contributed by atoms with van der Waals surface area (Å²) in [5.74, 6) is 1.75. The summed E-state index contributed by atoms with van der Waals surface area (Å²) < 4.78 is 22.2. The largest absolute Gasteiger partial charge is 0.497 e. The van der Waals surface area contributed by atoms with Gasteiger partial charge in [0.05, 0.1) is 34.0 Å². The molecule has 1 amide bonds. The summed E-state index contributed by atoms with van der Waals surface area (Å²) in [5.41, 5.74) is 3.68. The van der Waals surface area contributed by atoms with Gasteiger partial charge in [0.25, 0.3) is 5.91 Å². The zero-order valence-electron chi connectivity index (χ0n) is 23.2. The van der Waals surface area contributed by atoms with Gasteiger partial charge in [-0.15, -0.1) is 0 Å². The topological polar surface area (TPSA) is 105 Å². The van der Waals surface area contributed by atoms with Crippen LogP contribution in [0.25, 0.3) is 10.9 Å². The number of aromatic amines is 1. The number of aromatic nitrogens is 2. The SMILES string of the molecule is COc1ccc(CN(CCc2c[nH]c3ccccc23)Cc2nc(C(=O)NCCN3CCOCC3)co2)c(OC)c1. The summed E-state index contributed by atoms with van der Waals surface area (Å²) in [5, 5.41) is 4.17. The van der Waals surface area contributed by atoms with Gasteiger partial charge in [-0.25, -0.2) is 4.98 Å². The highest BCUT2D eigenvalue weighted by Crippen LogP contribution is 2.27. The van der Waals surface area contributed by atoms with Gasteiger partial charge < -0.3 is 28.9 Å². The van der Waals surface area contributed by atoms with Crippen LogP contribution in [0.5, 0.6) is 11.5 Å². The Labute approximate surface area is 234 Å². The van der Waals surface area contributed by atoms with E-state index in [4.69, 9.17) is 18.6 Å². The number of morpholine rings is 1. The van der Waals surface area contributed by atoms with Crippen LogP contribution in [0.2, 0.25) is 0 Å². The van der Waals surface area contributed by atoms with Crippen LogP contribution in [-0.4, -0.2) is 85.8 Å². The number of hydrogen-bond acceptors (Lipinski definition) is 8. The van der Waals surface area contributed by atoms with Crippen LogP contribution in [0, 0.1) is 0 Å². The molecule has 2 aromatic heterocycles. The highest BCUT2D eigenvalue weighted by molar-refractivity contribution is 5.91. The van der Waals surface area contributed by atoms with Gasteiger partial charge in [0.2, 0.25) is 5.89 Å². The second-order valence-electron chi connectivity index (χ2n) is 9.83. The third kappa shape index (κ3) is 7.01. The molecule has 0 radical (unpaired) electrons. The maximum absolute atomic E-state index is 12.7. The van der Waals surface area contributed by atoms with Gasteiger partial charge >= 0.3 is 0 Å². The highest BCUT2D eigenvalue weighted by atomic mass is 16.5. The second-order valence-corrected chi connectivity index (χ2v) is 9.83. The summed E-state index contributed by atoms with van der Waals surface area (Å²) >= 11 is 0. The number of rotatable bonds is 13. The smallest absolute Gasteiger partial charge is 0.273 e. The molecule has 10 nitrogen and oxygen atoms in total. The van der Waals surface area contributed by atoms with E-state index in [1.54, 1.807) is 14.2 Å². The number of benzene rings is 2. The summed E-state index contributed by atoms with van der Waals surface area (Å²) in [7, 11) is 3.30. The van der Waals surface area contributed by atoms with Crippen molar-refractivity contribution in [1.29, 1.82) is 0 Å². The number of carbonyl (C=O) groups excluding carboxylic acids is 1. The molecule has 1 fully saturated rings. The van der Waals surface area contributed by atoms with E-state index in [-0.39, 0.29) is 11.6 Å². The minimum absolute atomic E-state index is 0.231. The minimum Gasteiger partial charge on any atom is -0.497 e. The van der Waals surface area contributed by atoms with Crippen molar-refractivity contribution < 1.29 is 23.4 Å². The molecular formula is C30H37N5O5. The molecule has 5 rings (SSSR count).